The van der Waals surface area contributed by atoms with Gasteiger partial charge in [-0.2, -0.15) is 0 Å². The van der Waals surface area contributed by atoms with Crippen LogP contribution in [0.4, 0.5) is 5.69 Å². The predicted octanol–water partition coefficient (Wildman–Crippen LogP) is 9.34. The SMILES string of the molecule is C=CC.CC.CCC.CCCN(CC)SN1CC(Oc2ccc(N3COc4cc(-c5ccccc5)ccc4C3=O)cc2)C1. The number of ether oxygens (including phenoxy) is 2. The normalized spacial score (nSPS) is 14.0. The molecule has 2 aliphatic rings. The minimum Gasteiger partial charge on any atom is -0.488 e. The van der Waals surface area contributed by atoms with E-state index in [1.165, 1.54) is 6.42 Å². The van der Waals surface area contributed by atoms with Crippen molar-refractivity contribution >= 4 is 23.7 Å². The van der Waals surface area contributed by atoms with Gasteiger partial charge in [-0.1, -0.05) is 90.4 Å². The van der Waals surface area contributed by atoms with Crippen LogP contribution >= 0.6 is 12.1 Å². The van der Waals surface area contributed by atoms with Crippen LogP contribution in [0.25, 0.3) is 11.1 Å². The second-order valence-corrected chi connectivity index (χ2v) is 11.1. The fourth-order valence-corrected chi connectivity index (χ4v) is 5.44. The number of benzene rings is 3. The van der Waals surface area contributed by atoms with E-state index in [4.69, 9.17) is 9.47 Å². The third-order valence-electron chi connectivity index (χ3n) is 6.24. The molecule has 0 aliphatic carbocycles. The van der Waals surface area contributed by atoms with E-state index in [0.29, 0.717) is 11.3 Å². The Kier molecular flexibility index (Phi) is 16.6. The Labute approximate surface area is 264 Å². The zero-order valence-electron chi connectivity index (χ0n) is 27.2. The topological polar surface area (TPSA) is 45.2 Å². The number of carbonyl (C=O) groups is 1. The molecule has 7 heteroatoms. The quantitative estimate of drug-likeness (QED) is 0.179. The average Bonchev–Trinajstić information content (AvgIpc) is 3.02. The number of allylic oxidation sites excluding steroid dienone is 1. The first kappa shape index (κ1) is 35.9. The fraction of sp³-hybridized carbons (Fsp3) is 0.417. The number of rotatable bonds is 9. The summed E-state index contributed by atoms with van der Waals surface area (Å²) in [5, 5.41) is 0. The molecule has 3 aromatic rings. The summed E-state index contributed by atoms with van der Waals surface area (Å²) < 4.78 is 16.8. The van der Waals surface area contributed by atoms with Gasteiger partial charge < -0.3 is 9.47 Å². The molecule has 2 heterocycles. The Hall–Kier alpha value is -3.26. The number of fused-ring (bicyclic) bond motifs is 1. The Morgan fingerprint density at radius 1 is 0.977 bits per heavy atom. The minimum atomic E-state index is -0.0567. The summed E-state index contributed by atoms with van der Waals surface area (Å²) in [6.07, 6.45) is 4.35. The maximum Gasteiger partial charge on any atom is 0.264 e. The molecule has 0 bridgehead atoms. The van der Waals surface area contributed by atoms with Gasteiger partial charge in [-0.05, 0) is 60.9 Å². The van der Waals surface area contributed by atoms with E-state index in [2.05, 4.69) is 55.0 Å². The molecule has 1 saturated heterocycles. The van der Waals surface area contributed by atoms with Crippen LogP contribution < -0.4 is 14.4 Å². The molecule has 1 amide bonds. The summed E-state index contributed by atoms with van der Waals surface area (Å²) in [6, 6.07) is 23.6. The van der Waals surface area contributed by atoms with Crippen molar-refractivity contribution in [2.24, 2.45) is 0 Å². The molecule has 234 valence electrons. The van der Waals surface area contributed by atoms with Crippen molar-refractivity contribution in [3.05, 3.63) is 91.0 Å². The molecule has 0 atom stereocenters. The first-order chi connectivity index (χ1) is 21.0. The van der Waals surface area contributed by atoms with Crippen molar-refractivity contribution in [3.63, 3.8) is 0 Å². The van der Waals surface area contributed by atoms with Gasteiger partial charge >= 0.3 is 0 Å². The highest BCUT2D eigenvalue weighted by molar-refractivity contribution is 7.94. The first-order valence-corrected chi connectivity index (χ1v) is 16.4. The van der Waals surface area contributed by atoms with Crippen LogP contribution in [0.15, 0.2) is 85.5 Å². The van der Waals surface area contributed by atoms with Crippen molar-refractivity contribution in [3.8, 4) is 22.6 Å². The number of hydrogen-bond acceptors (Lipinski definition) is 6. The lowest BCUT2D eigenvalue weighted by Gasteiger charge is -2.40. The number of carbonyl (C=O) groups excluding carboxylic acids is 1. The molecule has 5 rings (SSSR count). The van der Waals surface area contributed by atoms with Crippen molar-refractivity contribution < 1.29 is 14.3 Å². The lowest BCUT2D eigenvalue weighted by atomic mass is 10.0. The van der Waals surface area contributed by atoms with Crippen LogP contribution in [0.3, 0.4) is 0 Å². The molecule has 6 nitrogen and oxygen atoms in total. The lowest BCUT2D eigenvalue weighted by Crippen LogP contribution is -2.51. The molecule has 0 saturated carbocycles. The highest BCUT2D eigenvalue weighted by atomic mass is 32.2. The van der Waals surface area contributed by atoms with Gasteiger partial charge in [0.1, 0.15) is 17.6 Å². The zero-order chi connectivity index (χ0) is 31.6. The Morgan fingerprint density at radius 2 is 1.60 bits per heavy atom. The number of anilines is 1. The maximum atomic E-state index is 13.2. The van der Waals surface area contributed by atoms with E-state index < -0.39 is 0 Å². The van der Waals surface area contributed by atoms with Crippen molar-refractivity contribution in [2.45, 2.75) is 67.4 Å². The smallest absolute Gasteiger partial charge is 0.264 e. The molecule has 1 fully saturated rings. The molecular formula is C36H51N3O3S. The summed E-state index contributed by atoms with van der Waals surface area (Å²) in [6.45, 7) is 22.0. The Bertz CT molecular complexity index is 1210. The zero-order valence-corrected chi connectivity index (χ0v) is 28.0. The summed E-state index contributed by atoms with van der Waals surface area (Å²) in [7, 11) is 0. The molecule has 3 aromatic carbocycles. The molecule has 0 N–H and O–H groups in total. The van der Waals surface area contributed by atoms with Gasteiger partial charge in [-0.3, -0.25) is 9.69 Å². The summed E-state index contributed by atoms with van der Waals surface area (Å²) in [4.78, 5) is 14.8. The molecule has 0 spiro atoms. The second kappa shape index (κ2) is 19.8. The van der Waals surface area contributed by atoms with E-state index in [1.807, 2.05) is 93.6 Å². The van der Waals surface area contributed by atoms with Crippen LogP contribution in [-0.4, -0.2) is 53.5 Å². The highest BCUT2D eigenvalue weighted by Crippen LogP contribution is 2.33. The first-order valence-electron chi connectivity index (χ1n) is 15.6. The Balaban J connectivity index is 0.000000733. The van der Waals surface area contributed by atoms with E-state index in [0.717, 1.165) is 55.2 Å². The summed E-state index contributed by atoms with van der Waals surface area (Å²) >= 11 is 1.81. The van der Waals surface area contributed by atoms with Crippen molar-refractivity contribution in [1.29, 1.82) is 0 Å². The van der Waals surface area contributed by atoms with Crippen LogP contribution in [0.5, 0.6) is 11.5 Å². The third kappa shape index (κ3) is 10.8. The van der Waals surface area contributed by atoms with E-state index in [9.17, 15) is 4.79 Å². The van der Waals surface area contributed by atoms with Crippen LogP contribution in [0, 0.1) is 0 Å². The van der Waals surface area contributed by atoms with Crippen LogP contribution in [-0.2, 0) is 0 Å². The van der Waals surface area contributed by atoms with Crippen LogP contribution in [0.1, 0.15) is 71.7 Å². The highest BCUT2D eigenvalue weighted by Gasteiger charge is 2.31. The predicted molar refractivity (Wildman–Crippen MR) is 185 cm³/mol. The van der Waals surface area contributed by atoms with E-state index in [1.54, 1.807) is 11.0 Å². The van der Waals surface area contributed by atoms with Crippen molar-refractivity contribution in [2.75, 3.05) is 37.8 Å². The van der Waals surface area contributed by atoms with Gasteiger partial charge in [0.05, 0.1) is 5.56 Å². The number of hydrogen-bond donors (Lipinski definition) is 0. The molecule has 0 radical (unpaired) electrons. The number of amides is 1. The molecule has 0 unspecified atom stereocenters. The summed E-state index contributed by atoms with van der Waals surface area (Å²) in [5.74, 6) is 1.39. The van der Waals surface area contributed by atoms with Crippen LogP contribution in [0.2, 0.25) is 0 Å². The number of nitrogens with zero attached hydrogens (tertiary/aromatic N) is 3. The minimum absolute atomic E-state index is 0.0567. The maximum absolute atomic E-state index is 13.2. The largest absolute Gasteiger partial charge is 0.488 e. The molecular weight excluding hydrogens is 554 g/mol. The summed E-state index contributed by atoms with van der Waals surface area (Å²) in [5.41, 5.74) is 3.51. The van der Waals surface area contributed by atoms with Crippen molar-refractivity contribution in [1.82, 2.24) is 8.61 Å². The van der Waals surface area contributed by atoms with Gasteiger partial charge in [0.15, 0.2) is 6.73 Å². The molecule has 0 aromatic heterocycles. The van der Waals surface area contributed by atoms with Gasteiger partial charge in [0.25, 0.3) is 5.91 Å². The molecule has 43 heavy (non-hydrogen) atoms. The monoisotopic (exact) mass is 605 g/mol. The van der Waals surface area contributed by atoms with E-state index in [-0.39, 0.29) is 18.7 Å². The second-order valence-electron chi connectivity index (χ2n) is 9.88. The fourth-order valence-electron chi connectivity index (χ4n) is 4.27. The standard InChI is InChI=1S/C28H31N3O3S.C3H8.C3H6.C2H6/c1-3-16-29(4-2)35-30-18-25(19-30)34-24-13-11-23(12-14-24)31-20-33-27-17-22(10-15-26(27)28(31)32)21-8-6-5-7-9-21;2*1-3-2;1-2/h5-15,17,25H,3-4,16,18-20H2,1-2H3;3H2,1-2H3;3H,1H2,2H3;1-2H3. The van der Waals surface area contributed by atoms with E-state index >= 15 is 0 Å². The van der Waals surface area contributed by atoms with Gasteiger partial charge in [0.2, 0.25) is 0 Å². The molecule has 2 aliphatic heterocycles. The van der Waals surface area contributed by atoms with Gasteiger partial charge in [-0.25, -0.2) is 8.61 Å². The third-order valence-corrected chi connectivity index (χ3v) is 7.44. The Morgan fingerprint density at radius 3 is 2.19 bits per heavy atom. The van der Waals surface area contributed by atoms with Gasteiger partial charge in [0, 0.05) is 44.0 Å². The lowest BCUT2D eigenvalue weighted by molar-refractivity contribution is 0.0810. The average molecular weight is 606 g/mol. The van der Waals surface area contributed by atoms with Gasteiger partial charge in [-0.15, -0.1) is 6.58 Å².